The molecule has 6 heteroatoms. The number of fused-ring (bicyclic) bond motifs is 1. The highest BCUT2D eigenvalue weighted by Crippen LogP contribution is 2.27. The molecule has 1 aliphatic heterocycles. The Labute approximate surface area is 155 Å². The van der Waals surface area contributed by atoms with Gasteiger partial charge in [-0.3, -0.25) is 9.59 Å². The first-order chi connectivity index (χ1) is 12.6. The monoisotopic (exact) mass is 367 g/mol. The highest BCUT2D eigenvalue weighted by molar-refractivity contribution is 6.30. The fourth-order valence-corrected chi connectivity index (χ4v) is 3.68. The lowest BCUT2D eigenvalue weighted by Crippen LogP contribution is -2.52. The number of rotatable bonds is 3. The van der Waals surface area contributed by atoms with Crippen LogP contribution in [-0.4, -0.2) is 34.8 Å². The molecule has 1 aromatic heterocycles. The Balaban J connectivity index is 1.63. The Morgan fingerprint density at radius 3 is 2.88 bits per heavy atom. The minimum Gasteiger partial charge on any atom is -0.361 e. The lowest BCUT2D eigenvalue weighted by Gasteiger charge is -2.35. The average molecular weight is 368 g/mol. The first-order valence-electron chi connectivity index (χ1n) is 8.51. The molecule has 1 atom stereocenters. The number of H-pyrrole nitrogens is 1. The summed E-state index contributed by atoms with van der Waals surface area (Å²) in [5, 5.41) is 4.42. The number of nitrogens with zero attached hydrogens (tertiary/aromatic N) is 1. The van der Waals surface area contributed by atoms with Gasteiger partial charge in [0.25, 0.3) is 0 Å². The maximum absolute atomic E-state index is 13.0. The van der Waals surface area contributed by atoms with Gasteiger partial charge >= 0.3 is 0 Å². The molecule has 132 valence electrons. The van der Waals surface area contributed by atoms with E-state index in [1.54, 1.807) is 23.1 Å². The van der Waals surface area contributed by atoms with Crippen molar-refractivity contribution in [2.45, 2.75) is 12.5 Å². The fourth-order valence-electron chi connectivity index (χ4n) is 3.49. The molecule has 0 aliphatic carbocycles. The summed E-state index contributed by atoms with van der Waals surface area (Å²) in [6.45, 7) is 0.930. The summed E-state index contributed by atoms with van der Waals surface area (Å²) < 4.78 is 0. The predicted octanol–water partition coefficient (Wildman–Crippen LogP) is 3.06. The molecule has 4 rings (SSSR count). The average Bonchev–Trinajstić information content (AvgIpc) is 3.04. The lowest BCUT2D eigenvalue weighted by molar-refractivity contribution is -0.143. The highest BCUT2D eigenvalue weighted by Gasteiger charge is 2.34. The van der Waals surface area contributed by atoms with Crippen molar-refractivity contribution in [3.8, 4) is 0 Å². The van der Waals surface area contributed by atoms with Crippen molar-refractivity contribution in [2.75, 3.05) is 13.1 Å². The van der Waals surface area contributed by atoms with Gasteiger partial charge in [-0.15, -0.1) is 0 Å². The van der Waals surface area contributed by atoms with Crippen LogP contribution in [0.15, 0.2) is 54.7 Å². The van der Waals surface area contributed by atoms with Gasteiger partial charge in [0.1, 0.15) is 6.04 Å². The van der Waals surface area contributed by atoms with Gasteiger partial charge < -0.3 is 15.2 Å². The van der Waals surface area contributed by atoms with Crippen LogP contribution in [0.4, 0.5) is 0 Å². The van der Waals surface area contributed by atoms with Crippen LogP contribution >= 0.6 is 11.6 Å². The van der Waals surface area contributed by atoms with E-state index in [1.807, 2.05) is 36.5 Å². The zero-order valence-electron chi connectivity index (χ0n) is 14.0. The number of halogens is 1. The topological polar surface area (TPSA) is 65.2 Å². The Morgan fingerprint density at radius 1 is 1.19 bits per heavy atom. The predicted molar refractivity (Wildman–Crippen MR) is 101 cm³/mol. The number of hydrogen-bond acceptors (Lipinski definition) is 2. The SMILES string of the molecule is O=C1NCCN(C(=O)Cc2c[nH]c3ccccc23)C1c1cccc(Cl)c1. The number of aromatic nitrogens is 1. The van der Waals surface area contributed by atoms with Gasteiger partial charge in [-0.05, 0) is 29.3 Å². The molecule has 1 saturated heterocycles. The molecule has 0 saturated carbocycles. The van der Waals surface area contributed by atoms with E-state index in [0.717, 1.165) is 22.0 Å². The molecule has 0 bridgehead atoms. The number of hydrogen-bond donors (Lipinski definition) is 2. The van der Waals surface area contributed by atoms with Crippen molar-refractivity contribution in [3.63, 3.8) is 0 Å². The smallest absolute Gasteiger partial charge is 0.247 e. The van der Waals surface area contributed by atoms with Crippen LogP contribution in [0.1, 0.15) is 17.2 Å². The first-order valence-corrected chi connectivity index (χ1v) is 8.89. The number of carbonyl (C=O) groups excluding carboxylic acids is 2. The van der Waals surface area contributed by atoms with Gasteiger partial charge in [-0.25, -0.2) is 0 Å². The number of aromatic amines is 1. The molecule has 0 spiro atoms. The molecule has 5 nitrogen and oxygen atoms in total. The number of carbonyl (C=O) groups is 2. The van der Waals surface area contributed by atoms with Crippen LogP contribution in [0.5, 0.6) is 0 Å². The van der Waals surface area contributed by atoms with Crippen molar-refractivity contribution in [1.82, 2.24) is 15.2 Å². The van der Waals surface area contributed by atoms with E-state index < -0.39 is 6.04 Å². The molecule has 2 amide bonds. The van der Waals surface area contributed by atoms with Crippen molar-refractivity contribution < 1.29 is 9.59 Å². The van der Waals surface area contributed by atoms with E-state index in [0.29, 0.717) is 18.1 Å². The fraction of sp³-hybridized carbons (Fsp3) is 0.200. The molecular formula is C20H18ClN3O2. The maximum atomic E-state index is 13.0. The van der Waals surface area contributed by atoms with Crippen LogP contribution in [0.25, 0.3) is 10.9 Å². The second-order valence-corrected chi connectivity index (χ2v) is 6.81. The molecule has 2 N–H and O–H groups in total. The van der Waals surface area contributed by atoms with Crippen LogP contribution in [0.2, 0.25) is 5.02 Å². The second-order valence-electron chi connectivity index (χ2n) is 6.37. The number of benzene rings is 2. The van der Waals surface area contributed by atoms with Gasteiger partial charge in [0.05, 0.1) is 6.42 Å². The number of amides is 2. The molecule has 2 heterocycles. The maximum Gasteiger partial charge on any atom is 0.247 e. The zero-order chi connectivity index (χ0) is 18.1. The summed E-state index contributed by atoms with van der Waals surface area (Å²) >= 11 is 6.08. The quantitative estimate of drug-likeness (QED) is 0.747. The molecule has 26 heavy (non-hydrogen) atoms. The van der Waals surface area contributed by atoms with E-state index in [4.69, 9.17) is 11.6 Å². The summed E-state index contributed by atoms with van der Waals surface area (Å²) in [7, 11) is 0. The highest BCUT2D eigenvalue weighted by atomic mass is 35.5. The summed E-state index contributed by atoms with van der Waals surface area (Å²) in [6.07, 6.45) is 2.11. The van der Waals surface area contributed by atoms with Crippen LogP contribution in [0.3, 0.4) is 0 Å². The van der Waals surface area contributed by atoms with Gasteiger partial charge in [-0.1, -0.05) is 41.9 Å². The lowest BCUT2D eigenvalue weighted by atomic mass is 10.0. The van der Waals surface area contributed by atoms with Crippen LogP contribution in [-0.2, 0) is 16.0 Å². The van der Waals surface area contributed by atoms with Crippen LogP contribution in [0, 0.1) is 0 Å². The normalized spacial score (nSPS) is 17.3. The summed E-state index contributed by atoms with van der Waals surface area (Å²) in [5.41, 5.74) is 2.65. The molecule has 2 aromatic carbocycles. The van der Waals surface area contributed by atoms with Crippen LogP contribution < -0.4 is 5.32 Å². The molecule has 1 aliphatic rings. The van der Waals surface area contributed by atoms with Crippen molar-refractivity contribution in [1.29, 1.82) is 0 Å². The van der Waals surface area contributed by atoms with Gasteiger partial charge in [0.15, 0.2) is 0 Å². The third-order valence-electron chi connectivity index (χ3n) is 4.71. The third kappa shape index (κ3) is 3.06. The van der Waals surface area contributed by atoms with Gasteiger partial charge in [0, 0.05) is 35.2 Å². The minimum absolute atomic E-state index is 0.0745. The van der Waals surface area contributed by atoms with E-state index in [2.05, 4.69) is 10.3 Å². The van der Waals surface area contributed by atoms with Gasteiger partial charge in [-0.2, -0.15) is 0 Å². The molecule has 1 fully saturated rings. The Morgan fingerprint density at radius 2 is 2.04 bits per heavy atom. The largest absolute Gasteiger partial charge is 0.361 e. The third-order valence-corrected chi connectivity index (χ3v) is 4.95. The Bertz CT molecular complexity index is 982. The van der Waals surface area contributed by atoms with Crippen molar-refractivity contribution >= 4 is 34.3 Å². The summed E-state index contributed by atoms with van der Waals surface area (Å²) in [4.78, 5) is 30.3. The van der Waals surface area contributed by atoms with Gasteiger partial charge in [0.2, 0.25) is 11.8 Å². The molecular weight excluding hydrogens is 350 g/mol. The Kier molecular flexibility index (Phi) is 4.39. The van der Waals surface area contributed by atoms with Crippen molar-refractivity contribution in [3.05, 3.63) is 70.9 Å². The number of para-hydroxylation sites is 1. The number of piperazine rings is 1. The summed E-state index contributed by atoms with van der Waals surface area (Å²) in [5.74, 6) is -0.250. The standard InChI is InChI=1S/C20H18ClN3O2/c21-15-5-3-4-13(10-15)19-20(26)22-8-9-24(19)18(25)11-14-12-23-17-7-2-1-6-16(14)17/h1-7,10,12,19,23H,8-9,11H2,(H,22,26). The number of nitrogens with one attached hydrogen (secondary N) is 2. The van der Waals surface area contributed by atoms with E-state index in [9.17, 15) is 9.59 Å². The summed E-state index contributed by atoms with van der Waals surface area (Å²) in [6, 6.07) is 14.3. The molecule has 0 radical (unpaired) electrons. The van der Waals surface area contributed by atoms with E-state index in [1.165, 1.54) is 0 Å². The minimum atomic E-state index is -0.653. The zero-order valence-corrected chi connectivity index (χ0v) is 14.8. The van der Waals surface area contributed by atoms with Crippen molar-refractivity contribution in [2.24, 2.45) is 0 Å². The molecule has 3 aromatic rings. The first kappa shape index (κ1) is 16.7. The Hall–Kier alpha value is -2.79. The van der Waals surface area contributed by atoms with E-state index >= 15 is 0 Å². The molecule has 1 unspecified atom stereocenters. The second kappa shape index (κ2) is 6.84. The van der Waals surface area contributed by atoms with E-state index in [-0.39, 0.29) is 18.2 Å².